The van der Waals surface area contributed by atoms with Gasteiger partial charge in [0, 0.05) is 12.0 Å². The van der Waals surface area contributed by atoms with Crippen molar-refractivity contribution in [2.75, 3.05) is 0 Å². The first-order valence-electron chi connectivity index (χ1n) is 11.5. The van der Waals surface area contributed by atoms with Gasteiger partial charge in [-0.25, -0.2) is 5.10 Å². The number of aliphatic imine (C=N–C) groups is 1. The van der Waals surface area contributed by atoms with Gasteiger partial charge in [0.05, 0.1) is 6.54 Å². The number of H-pyrrole nitrogens is 1. The molecule has 8 heteroatoms. The van der Waals surface area contributed by atoms with Gasteiger partial charge in [-0.2, -0.15) is 0 Å². The Labute approximate surface area is 210 Å². The van der Waals surface area contributed by atoms with Gasteiger partial charge in [-0.3, -0.25) is 14.7 Å². The number of carbonyl (C=O) groups excluding carboxylic acids is 1. The normalized spacial score (nSPS) is 16.8. The van der Waals surface area contributed by atoms with Crippen LogP contribution in [0.25, 0.3) is 22.5 Å². The van der Waals surface area contributed by atoms with E-state index in [1.165, 1.54) is 0 Å². The van der Waals surface area contributed by atoms with Crippen LogP contribution >= 0.6 is 0 Å². The van der Waals surface area contributed by atoms with Crippen molar-refractivity contribution in [3.05, 3.63) is 54.1 Å². The second kappa shape index (κ2) is 10.1. The number of rotatable bonds is 7. The first kappa shape index (κ1) is 23.6. The zero-order chi connectivity index (χ0) is 22.0. The summed E-state index contributed by atoms with van der Waals surface area (Å²) in [4.78, 5) is 20.3. The Balaban J connectivity index is 0.00000259. The van der Waals surface area contributed by atoms with Crippen LogP contribution in [0.1, 0.15) is 57.4 Å². The van der Waals surface area contributed by atoms with Crippen molar-refractivity contribution >= 4 is 34.8 Å². The lowest BCUT2D eigenvalue weighted by Crippen LogP contribution is -2.40. The van der Waals surface area contributed by atoms with Gasteiger partial charge in [0.2, 0.25) is 0 Å². The second-order valence-electron chi connectivity index (χ2n) is 8.75. The first-order chi connectivity index (χ1) is 15.7. The highest BCUT2D eigenvalue weighted by molar-refractivity contribution is 6.08. The molecule has 1 aliphatic carbocycles. The van der Waals surface area contributed by atoms with Crippen molar-refractivity contribution < 1.29 is 4.79 Å². The summed E-state index contributed by atoms with van der Waals surface area (Å²) in [5, 5.41) is 14.3. The summed E-state index contributed by atoms with van der Waals surface area (Å²) in [6.07, 6.45) is 7.01. The molecule has 0 atom stereocenters. The fraction of sp³-hybridized carbons (Fsp3) is 0.400. The number of amidine groups is 1. The highest BCUT2D eigenvalue weighted by atomic mass is 24.3. The van der Waals surface area contributed by atoms with E-state index in [0.29, 0.717) is 12.4 Å². The molecule has 0 unspecified atom stereocenters. The Morgan fingerprint density at radius 3 is 2.42 bits per heavy atom. The third kappa shape index (κ3) is 4.59. The number of hydrogen-bond acceptors (Lipinski definition) is 5. The van der Waals surface area contributed by atoms with E-state index >= 15 is 0 Å². The summed E-state index contributed by atoms with van der Waals surface area (Å²) < 4.78 is 0. The molecule has 1 spiro atoms. The van der Waals surface area contributed by atoms with E-state index in [1.807, 2.05) is 23.1 Å². The van der Waals surface area contributed by atoms with Crippen LogP contribution in [0.15, 0.2) is 53.5 Å². The Bertz CT molecular complexity index is 1120. The number of aromatic amines is 1. The molecule has 1 aliphatic heterocycles. The number of benzene rings is 2. The molecule has 7 nitrogen and oxygen atoms in total. The van der Waals surface area contributed by atoms with Crippen LogP contribution in [-0.2, 0) is 11.3 Å². The van der Waals surface area contributed by atoms with Gasteiger partial charge in [-0.1, -0.05) is 74.7 Å². The first-order valence-corrected chi connectivity index (χ1v) is 11.5. The molecule has 3 aromatic rings. The van der Waals surface area contributed by atoms with Gasteiger partial charge in [-0.15, -0.1) is 5.10 Å². The Hall–Kier alpha value is -2.58. The molecule has 5 rings (SSSR count). The molecule has 1 N–H and O–H groups in total. The van der Waals surface area contributed by atoms with Crippen LogP contribution in [0.5, 0.6) is 0 Å². The lowest BCUT2D eigenvalue weighted by atomic mass is 9.97. The van der Waals surface area contributed by atoms with E-state index < -0.39 is 5.54 Å². The second-order valence-corrected chi connectivity index (χ2v) is 8.75. The van der Waals surface area contributed by atoms with Gasteiger partial charge in [0.15, 0.2) is 5.82 Å². The van der Waals surface area contributed by atoms with E-state index in [2.05, 4.69) is 57.9 Å². The van der Waals surface area contributed by atoms with Crippen LogP contribution in [0.4, 0.5) is 0 Å². The molecule has 2 heterocycles. The molecular weight excluding hydrogens is 425 g/mol. The van der Waals surface area contributed by atoms with Gasteiger partial charge in [0.1, 0.15) is 11.4 Å². The summed E-state index contributed by atoms with van der Waals surface area (Å²) in [5.41, 5.74) is 3.73. The van der Waals surface area contributed by atoms with E-state index in [-0.39, 0.29) is 29.0 Å². The fourth-order valence-electron chi connectivity index (χ4n) is 4.88. The molecule has 1 aromatic heterocycles. The van der Waals surface area contributed by atoms with Crippen molar-refractivity contribution in [3.63, 3.8) is 0 Å². The number of nitrogens with zero attached hydrogens (tertiary/aromatic N) is 5. The van der Waals surface area contributed by atoms with Crippen molar-refractivity contribution in [2.24, 2.45) is 4.99 Å². The largest absolute Gasteiger partial charge is 0.316 e. The smallest absolute Gasteiger partial charge is 0.294 e. The number of amides is 1. The lowest BCUT2D eigenvalue weighted by Gasteiger charge is -2.23. The van der Waals surface area contributed by atoms with Crippen LogP contribution < -0.4 is 0 Å². The minimum Gasteiger partial charge on any atom is -0.294 e. The topological polar surface area (TPSA) is 87.1 Å². The molecule has 33 heavy (non-hydrogen) atoms. The van der Waals surface area contributed by atoms with Crippen LogP contribution in [0.3, 0.4) is 0 Å². The van der Waals surface area contributed by atoms with Gasteiger partial charge < -0.3 is 0 Å². The summed E-state index contributed by atoms with van der Waals surface area (Å²) in [6.45, 7) is 2.76. The molecule has 0 radical (unpaired) electrons. The summed E-state index contributed by atoms with van der Waals surface area (Å²) in [5.74, 6) is 1.82. The summed E-state index contributed by atoms with van der Waals surface area (Å²) in [7, 11) is 0. The van der Waals surface area contributed by atoms with Crippen molar-refractivity contribution in [2.45, 2.75) is 64.0 Å². The molecule has 0 saturated heterocycles. The predicted octanol–water partition coefficient (Wildman–Crippen LogP) is 3.86. The Morgan fingerprint density at radius 1 is 1.03 bits per heavy atom. The van der Waals surface area contributed by atoms with E-state index in [4.69, 9.17) is 4.99 Å². The standard InChI is InChI=1S/C25H28N6O.Mg.2H/c1-2-3-10-22-26-25(15-6-7-16-25)24(32)31(22)17-18-11-13-19(14-12-18)20-8-4-5-9-21(20)23-27-29-30-28-23;;;/h4-5,8-9,11-14H,2-3,6-7,10,15-17H2,1H3,(H,27,28,29,30);;;. The number of nitrogens with one attached hydrogen (secondary N) is 1. The average molecular weight is 455 g/mol. The van der Waals surface area contributed by atoms with E-state index in [1.54, 1.807) is 0 Å². The van der Waals surface area contributed by atoms with Crippen LogP contribution in [0, 0.1) is 0 Å². The van der Waals surface area contributed by atoms with E-state index in [0.717, 1.165) is 73.0 Å². The maximum atomic E-state index is 13.4. The molecule has 2 aliphatic rings. The SMILES string of the molecule is CCCCC1=NC2(CCCC2)C(=O)N1Cc1ccc(-c2ccccc2-c2nnn[nH]2)cc1.[MgH2]. The third-order valence-corrected chi connectivity index (χ3v) is 6.62. The minimum absolute atomic E-state index is 0. The maximum Gasteiger partial charge on any atom is 0.316 e. The number of hydrogen-bond donors (Lipinski definition) is 1. The monoisotopic (exact) mass is 454 g/mol. The molecule has 2 aromatic carbocycles. The van der Waals surface area contributed by atoms with Gasteiger partial charge in [-0.05, 0) is 46.4 Å². The van der Waals surface area contributed by atoms with Crippen LogP contribution in [-0.4, -0.2) is 65.9 Å². The minimum atomic E-state index is -0.479. The zero-order valence-electron chi connectivity index (χ0n) is 18.4. The number of carbonyl (C=O) groups is 1. The van der Waals surface area contributed by atoms with Crippen molar-refractivity contribution in [1.29, 1.82) is 0 Å². The highest BCUT2D eigenvalue weighted by Gasteiger charge is 2.49. The molecule has 1 saturated carbocycles. The van der Waals surface area contributed by atoms with Crippen molar-refractivity contribution in [3.8, 4) is 22.5 Å². The van der Waals surface area contributed by atoms with Crippen molar-refractivity contribution in [1.82, 2.24) is 25.5 Å². The molecular formula is C25H30MgN6O. The third-order valence-electron chi connectivity index (χ3n) is 6.62. The Morgan fingerprint density at radius 2 is 1.76 bits per heavy atom. The van der Waals surface area contributed by atoms with Gasteiger partial charge >= 0.3 is 23.1 Å². The maximum absolute atomic E-state index is 13.4. The molecule has 1 fully saturated rings. The summed E-state index contributed by atoms with van der Waals surface area (Å²) >= 11 is 0. The fourth-order valence-corrected chi connectivity index (χ4v) is 4.88. The highest BCUT2D eigenvalue weighted by Crippen LogP contribution is 2.40. The predicted molar refractivity (Wildman–Crippen MR) is 132 cm³/mol. The number of unbranched alkanes of at least 4 members (excludes halogenated alkanes) is 1. The van der Waals surface area contributed by atoms with Crippen LogP contribution in [0.2, 0.25) is 0 Å². The zero-order valence-corrected chi connectivity index (χ0v) is 18.4. The molecule has 0 bridgehead atoms. The average Bonchev–Trinajstić information content (AvgIpc) is 3.58. The Kier molecular flexibility index (Phi) is 7.24. The number of aromatic nitrogens is 4. The molecule has 1 amide bonds. The summed E-state index contributed by atoms with van der Waals surface area (Å²) in [6, 6.07) is 16.5. The lowest BCUT2D eigenvalue weighted by molar-refractivity contribution is -0.131. The van der Waals surface area contributed by atoms with Gasteiger partial charge in [0.25, 0.3) is 5.91 Å². The van der Waals surface area contributed by atoms with E-state index in [9.17, 15) is 4.79 Å². The number of tetrazole rings is 1. The molecule has 168 valence electrons. The quantitative estimate of drug-likeness (QED) is 0.549.